The molecule has 0 spiro atoms. The lowest BCUT2D eigenvalue weighted by molar-refractivity contribution is 0.333. The molecular weight excluding hydrogens is 308 g/mol. The van der Waals surface area contributed by atoms with Crippen LogP contribution in [0.5, 0.6) is 0 Å². The summed E-state index contributed by atoms with van der Waals surface area (Å²) in [5.74, 6) is 0. The lowest BCUT2D eigenvalue weighted by atomic mass is 10.0. The molecule has 0 atom stereocenters. The van der Waals surface area contributed by atoms with Crippen molar-refractivity contribution in [2.75, 3.05) is 6.61 Å². The van der Waals surface area contributed by atoms with Gasteiger partial charge >= 0.3 is 0 Å². The summed E-state index contributed by atoms with van der Waals surface area (Å²) >= 11 is 0. The van der Waals surface area contributed by atoms with Crippen LogP contribution in [0, 0.1) is 0 Å². The minimum absolute atomic E-state index is 0.325. The van der Waals surface area contributed by atoms with Gasteiger partial charge in [0.25, 0.3) is 0 Å². The summed E-state index contributed by atoms with van der Waals surface area (Å²) in [6, 6.07) is 0. The van der Waals surface area contributed by atoms with Crippen LogP contribution in [0.2, 0.25) is 5.04 Å². The second-order valence-corrected chi connectivity index (χ2v) is 11.1. The molecule has 0 aromatic carbocycles. The first-order valence-electron chi connectivity index (χ1n) is 11.2. The van der Waals surface area contributed by atoms with Crippen molar-refractivity contribution in [3.8, 4) is 0 Å². The molecular formula is C22H48OSi. The highest BCUT2D eigenvalue weighted by Crippen LogP contribution is 2.30. The van der Waals surface area contributed by atoms with Crippen molar-refractivity contribution >= 4 is 9.76 Å². The third-order valence-electron chi connectivity index (χ3n) is 5.15. The monoisotopic (exact) mass is 356 g/mol. The van der Waals surface area contributed by atoms with Crippen LogP contribution in [0.3, 0.4) is 0 Å². The van der Waals surface area contributed by atoms with Gasteiger partial charge in [0.1, 0.15) is 0 Å². The number of hydrogen-bond donors (Lipinski definition) is 0. The molecule has 0 saturated heterocycles. The Labute approximate surface area is 156 Å². The third kappa shape index (κ3) is 18.5. The molecule has 0 rings (SSSR count). The largest absolute Gasteiger partial charge is 0.424 e. The molecule has 0 amide bonds. The quantitative estimate of drug-likeness (QED) is 0.171. The van der Waals surface area contributed by atoms with E-state index >= 15 is 0 Å². The first kappa shape index (κ1) is 24.2. The molecule has 0 aliphatic heterocycles. The topological polar surface area (TPSA) is 9.23 Å². The van der Waals surface area contributed by atoms with Crippen LogP contribution in [0.15, 0.2) is 0 Å². The van der Waals surface area contributed by atoms with Gasteiger partial charge in [-0.3, -0.25) is 0 Å². The molecule has 24 heavy (non-hydrogen) atoms. The fourth-order valence-electron chi connectivity index (χ4n) is 3.43. The van der Waals surface area contributed by atoms with E-state index in [0.29, 0.717) is 5.04 Å². The Bertz CT molecular complexity index is 240. The lowest BCUT2D eigenvalue weighted by Crippen LogP contribution is -2.16. The second-order valence-electron chi connectivity index (χ2n) is 8.50. The van der Waals surface area contributed by atoms with Gasteiger partial charge in [-0.15, -0.1) is 0 Å². The van der Waals surface area contributed by atoms with E-state index in [-0.39, 0.29) is 9.76 Å². The smallest absolute Gasteiger partial charge is 0.167 e. The van der Waals surface area contributed by atoms with E-state index in [1.807, 2.05) is 0 Å². The van der Waals surface area contributed by atoms with E-state index in [9.17, 15) is 0 Å². The van der Waals surface area contributed by atoms with Crippen molar-refractivity contribution in [2.45, 2.75) is 135 Å². The van der Waals surface area contributed by atoms with Gasteiger partial charge in [0.2, 0.25) is 0 Å². The van der Waals surface area contributed by atoms with Gasteiger partial charge in [0, 0.05) is 6.61 Å². The summed E-state index contributed by atoms with van der Waals surface area (Å²) in [4.78, 5) is 0. The summed E-state index contributed by atoms with van der Waals surface area (Å²) in [5, 5.41) is 0.506. The summed E-state index contributed by atoms with van der Waals surface area (Å²) in [7, 11) is -0.325. The molecule has 0 unspecified atom stereocenters. The molecule has 2 heteroatoms. The van der Waals surface area contributed by atoms with Crippen LogP contribution in [-0.2, 0) is 4.43 Å². The predicted octanol–water partition coefficient (Wildman–Crippen LogP) is 7.57. The van der Waals surface area contributed by atoms with E-state index in [0.717, 1.165) is 6.61 Å². The Morgan fingerprint density at radius 2 is 0.958 bits per heavy atom. The molecule has 0 bridgehead atoms. The van der Waals surface area contributed by atoms with E-state index < -0.39 is 0 Å². The van der Waals surface area contributed by atoms with Crippen molar-refractivity contribution in [2.24, 2.45) is 0 Å². The molecule has 0 saturated carbocycles. The highest BCUT2D eigenvalue weighted by atomic mass is 28.2. The zero-order chi connectivity index (χ0) is 17.9. The summed E-state index contributed by atoms with van der Waals surface area (Å²) in [6.45, 7) is 10.1. The molecule has 0 heterocycles. The maximum atomic E-state index is 5.71. The van der Waals surface area contributed by atoms with Gasteiger partial charge in [-0.05, 0) is 18.4 Å². The standard InChI is InChI=1S/C22H48OSi/c1-5-7-8-9-10-11-12-13-14-15-16-17-18-19-20-21-22(3,4)24-23-6-2/h5-21,24H2,1-4H3. The van der Waals surface area contributed by atoms with Gasteiger partial charge in [0.15, 0.2) is 9.76 Å². The Morgan fingerprint density at radius 1 is 0.583 bits per heavy atom. The van der Waals surface area contributed by atoms with Crippen molar-refractivity contribution in [3.63, 3.8) is 0 Å². The van der Waals surface area contributed by atoms with Crippen LogP contribution in [0.4, 0.5) is 0 Å². The van der Waals surface area contributed by atoms with Crippen LogP contribution in [-0.4, -0.2) is 16.4 Å². The molecule has 0 aliphatic rings. The normalized spacial score (nSPS) is 12.5. The summed E-state index contributed by atoms with van der Waals surface area (Å²) in [6.07, 6.45) is 23.2. The Balaban J connectivity index is 3.15. The van der Waals surface area contributed by atoms with Gasteiger partial charge in [-0.25, -0.2) is 0 Å². The average Bonchev–Trinajstić information content (AvgIpc) is 2.56. The van der Waals surface area contributed by atoms with Crippen molar-refractivity contribution in [1.82, 2.24) is 0 Å². The maximum absolute atomic E-state index is 5.71. The predicted molar refractivity (Wildman–Crippen MR) is 114 cm³/mol. The Kier molecular flexibility index (Phi) is 18.1. The van der Waals surface area contributed by atoms with Crippen LogP contribution < -0.4 is 0 Å². The van der Waals surface area contributed by atoms with Crippen molar-refractivity contribution in [1.29, 1.82) is 0 Å². The maximum Gasteiger partial charge on any atom is 0.167 e. The highest BCUT2D eigenvalue weighted by Gasteiger charge is 2.18. The minimum atomic E-state index is -0.325. The minimum Gasteiger partial charge on any atom is -0.424 e. The summed E-state index contributed by atoms with van der Waals surface area (Å²) < 4.78 is 5.71. The first-order valence-corrected chi connectivity index (χ1v) is 12.5. The fourth-order valence-corrected chi connectivity index (χ4v) is 4.58. The molecule has 0 fully saturated rings. The fraction of sp³-hybridized carbons (Fsp3) is 1.00. The van der Waals surface area contributed by atoms with E-state index in [4.69, 9.17) is 4.43 Å². The zero-order valence-electron chi connectivity index (χ0n) is 17.6. The molecule has 146 valence electrons. The molecule has 0 N–H and O–H groups in total. The molecule has 0 aromatic heterocycles. The zero-order valence-corrected chi connectivity index (χ0v) is 19.1. The Hall–Kier alpha value is 0.177. The van der Waals surface area contributed by atoms with Crippen LogP contribution >= 0.6 is 0 Å². The van der Waals surface area contributed by atoms with E-state index in [1.165, 1.54) is 103 Å². The van der Waals surface area contributed by atoms with Gasteiger partial charge in [-0.2, -0.15) is 0 Å². The molecule has 1 nitrogen and oxygen atoms in total. The average molecular weight is 357 g/mol. The molecule has 0 aliphatic carbocycles. The van der Waals surface area contributed by atoms with E-state index in [1.54, 1.807) is 0 Å². The van der Waals surface area contributed by atoms with Crippen molar-refractivity contribution < 1.29 is 4.43 Å². The number of unbranched alkanes of at least 4 members (excludes halogenated alkanes) is 14. The van der Waals surface area contributed by atoms with Crippen LogP contribution in [0.25, 0.3) is 0 Å². The Morgan fingerprint density at radius 3 is 1.33 bits per heavy atom. The highest BCUT2D eigenvalue weighted by molar-refractivity contribution is 6.31. The van der Waals surface area contributed by atoms with Crippen LogP contribution in [0.1, 0.15) is 130 Å². The lowest BCUT2D eigenvalue weighted by Gasteiger charge is -2.23. The molecule has 0 aromatic rings. The van der Waals surface area contributed by atoms with Crippen molar-refractivity contribution in [3.05, 3.63) is 0 Å². The number of hydrogen-bond acceptors (Lipinski definition) is 1. The first-order chi connectivity index (χ1) is 11.6. The van der Waals surface area contributed by atoms with E-state index in [2.05, 4.69) is 27.7 Å². The van der Waals surface area contributed by atoms with Gasteiger partial charge in [-0.1, -0.05) is 117 Å². The number of rotatable bonds is 19. The van der Waals surface area contributed by atoms with Gasteiger partial charge < -0.3 is 4.43 Å². The molecule has 0 radical (unpaired) electrons. The van der Waals surface area contributed by atoms with Gasteiger partial charge in [0.05, 0.1) is 0 Å². The summed E-state index contributed by atoms with van der Waals surface area (Å²) in [5.41, 5.74) is 0. The SMILES string of the molecule is CCCCCCCCCCCCCCCCCC(C)(C)[SiH2]OCC. The second kappa shape index (κ2) is 18.0. The third-order valence-corrected chi connectivity index (χ3v) is 6.90.